The summed E-state index contributed by atoms with van der Waals surface area (Å²) in [5.41, 5.74) is 4.01. The zero-order valence-corrected chi connectivity index (χ0v) is 17.0. The van der Waals surface area contributed by atoms with E-state index >= 15 is 0 Å². The maximum atomic E-state index is 11.0. The summed E-state index contributed by atoms with van der Waals surface area (Å²) in [7, 11) is 0. The van der Waals surface area contributed by atoms with Crippen molar-refractivity contribution >= 4 is 18.3 Å². The van der Waals surface area contributed by atoms with Gasteiger partial charge in [0, 0.05) is 49.9 Å². The van der Waals surface area contributed by atoms with E-state index in [0.29, 0.717) is 12.1 Å². The molecule has 5 heteroatoms. The highest BCUT2D eigenvalue weighted by atomic mass is 16.4. The van der Waals surface area contributed by atoms with E-state index in [4.69, 9.17) is 5.11 Å². The molecule has 3 rings (SSSR count). The Kier molecular flexibility index (Phi) is 6.96. The minimum Gasteiger partial charge on any atom is -0.478 e. The lowest BCUT2D eigenvalue weighted by Crippen LogP contribution is -2.55. The van der Waals surface area contributed by atoms with Gasteiger partial charge < -0.3 is 5.11 Å². The highest BCUT2D eigenvalue weighted by Crippen LogP contribution is 2.21. The molecule has 5 nitrogen and oxygen atoms in total. The van der Waals surface area contributed by atoms with Crippen molar-refractivity contribution < 1.29 is 14.7 Å². The standard InChI is InChI=1S/C24H28N2O3/c1-18-13-25(15-22-4-3-5-23(12-22)17-27)14-19(2)26(18)16-21-8-6-20(7-9-21)10-11-24(28)29/h3-12,17-19H,13-16H2,1-2H3,(H,28,29)/b11-10+/t18-,19+. The second kappa shape index (κ2) is 9.63. The van der Waals surface area contributed by atoms with Crippen LogP contribution in [-0.4, -0.2) is 52.3 Å². The van der Waals surface area contributed by atoms with Crippen LogP contribution in [0.5, 0.6) is 0 Å². The molecule has 1 saturated heterocycles. The van der Waals surface area contributed by atoms with Crippen molar-refractivity contribution in [1.29, 1.82) is 0 Å². The molecule has 152 valence electrons. The topological polar surface area (TPSA) is 60.9 Å². The Bertz CT molecular complexity index is 864. The summed E-state index contributed by atoms with van der Waals surface area (Å²) in [5, 5.41) is 8.73. The van der Waals surface area contributed by atoms with E-state index in [9.17, 15) is 9.59 Å². The first kappa shape index (κ1) is 21.0. The Morgan fingerprint density at radius 2 is 1.69 bits per heavy atom. The molecule has 2 atom stereocenters. The summed E-state index contributed by atoms with van der Waals surface area (Å²) in [6, 6.07) is 16.7. The van der Waals surface area contributed by atoms with Crippen molar-refractivity contribution in [2.75, 3.05) is 13.1 Å². The van der Waals surface area contributed by atoms with Crippen molar-refractivity contribution in [1.82, 2.24) is 9.80 Å². The third kappa shape index (κ3) is 5.86. The SMILES string of the molecule is C[C@@H]1CN(Cc2cccc(C=O)c2)C[C@H](C)N1Cc1ccc(/C=C/C(=O)O)cc1. The van der Waals surface area contributed by atoms with Crippen LogP contribution in [0.3, 0.4) is 0 Å². The average molecular weight is 392 g/mol. The van der Waals surface area contributed by atoms with Gasteiger partial charge in [-0.05, 0) is 42.7 Å². The Balaban J connectivity index is 1.60. The van der Waals surface area contributed by atoms with Crippen LogP contribution in [0.1, 0.15) is 40.9 Å². The lowest BCUT2D eigenvalue weighted by Gasteiger charge is -2.44. The summed E-state index contributed by atoms with van der Waals surface area (Å²) in [4.78, 5) is 26.6. The van der Waals surface area contributed by atoms with E-state index in [1.165, 1.54) is 11.1 Å². The van der Waals surface area contributed by atoms with Crippen molar-refractivity contribution in [3.05, 3.63) is 76.9 Å². The number of aliphatic carboxylic acids is 1. The Labute approximate surface area is 172 Å². The molecular weight excluding hydrogens is 364 g/mol. The van der Waals surface area contributed by atoms with E-state index in [1.807, 2.05) is 30.3 Å². The lowest BCUT2D eigenvalue weighted by molar-refractivity contribution is -0.131. The average Bonchev–Trinajstić information content (AvgIpc) is 2.70. The Morgan fingerprint density at radius 3 is 2.31 bits per heavy atom. The molecule has 1 fully saturated rings. The van der Waals surface area contributed by atoms with Gasteiger partial charge in [0.1, 0.15) is 6.29 Å². The van der Waals surface area contributed by atoms with Crippen LogP contribution < -0.4 is 0 Å². The summed E-state index contributed by atoms with van der Waals surface area (Å²) in [5.74, 6) is -0.938. The van der Waals surface area contributed by atoms with Crippen LogP contribution in [-0.2, 0) is 17.9 Å². The van der Waals surface area contributed by atoms with Crippen LogP contribution in [0.25, 0.3) is 6.08 Å². The number of carboxylic acids is 1. The summed E-state index contributed by atoms with van der Waals surface area (Å²) < 4.78 is 0. The van der Waals surface area contributed by atoms with Crippen LogP contribution in [0.4, 0.5) is 0 Å². The maximum absolute atomic E-state index is 11.0. The van der Waals surface area contributed by atoms with E-state index in [2.05, 4.69) is 41.8 Å². The number of carboxylic acid groups (broad SMARTS) is 1. The normalized spacial score (nSPS) is 20.8. The fourth-order valence-electron chi connectivity index (χ4n) is 4.04. The molecule has 2 aromatic rings. The Morgan fingerprint density at radius 1 is 1.00 bits per heavy atom. The maximum Gasteiger partial charge on any atom is 0.328 e. The van der Waals surface area contributed by atoms with Gasteiger partial charge in [-0.25, -0.2) is 4.79 Å². The molecule has 0 amide bonds. The van der Waals surface area contributed by atoms with Crippen LogP contribution in [0, 0.1) is 0 Å². The minimum atomic E-state index is -0.938. The number of hydrogen-bond acceptors (Lipinski definition) is 4. The second-order valence-electron chi connectivity index (χ2n) is 7.84. The minimum absolute atomic E-state index is 0.416. The highest BCUT2D eigenvalue weighted by Gasteiger charge is 2.29. The number of piperazine rings is 1. The first-order chi connectivity index (χ1) is 13.9. The third-order valence-corrected chi connectivity index (χ3v) is 5.43. The molecular formula is C24H28N2O3. The van der Waals surface area contributed by atoms with Gasteiger partial charge in [-0.1, -0.05) is 42.5 Å². The number of aldehydes is 1. The first-order valence-electron chi connectivity index (χ1n) is 9.97. The number of benzene rings is 2. The number of carbonyl (C=O) groups is 2. The second-order valence-corrected chi connectivity index (χ2v) is 7.84. The molecule has 1 aliphatic heterocycles. The third-order valence-electron chi connectivity index (χ3n) is 5.43. The lowest BCUT2D eigenvalue weighted by atomic mass is 10.0. The van der Waals surface area contributed by atoms with E-state index in [-0.39, 0.29) is 0 Å². The van der Waals surface area contributed by atoms with Crippen molar-refractivity contribution in [2.24, 2.45) is 0 Å². The monoisotopic (exact) mass is 392 g/mol. The predicted octanol–water partition coefficient (Wildman–Crippen LogP) is 3.69. The van der Waals surface area contributed by atoms with Crippen molar-refractivity contribution in [3.63, 3.8) is 0 Å². The molecule has 0 radical (unpaired) electrons. The molecule has 2 aromatic carbocycles. The zero-order valence-electron chi connectivity index (χ0n) is 17.0. The van der Waals surface area contributed by atoms with Crippen LogP contribution in [0.15, 0.2) is 54.6 Å². The van der Waals surface area contributed by atoms with Crippen LogP contribution in [0.2, 0.25) is 0 Å². The Hall–Kier alpha value is -2.76. The molecule has 0 bridgehead atoms. The van der Waals surface area contributed by atoms with Gasteiger partial charge in [0.15, 0.2) is 0 Å². The van der Waals surface area contributed by atoms with Gasteiger partial charge in [0.2, 0.25) is 0 Å². The van der Waals surface area contributed by atoms with E-state index in [0.717, 1.165) is 49.7 Å². The van der Waals surface area contributed by atoms with Gasteiger partial charge in [-0.3, -0.25) is 14.6 Å². The molecule has 29 heavy (non-hydrogen) atoms. The fraction of sp³-hybridized carbons (Fsp3) is 0.333. The molecule has 1 aliphatic rings. The van der Waals surface area contributed by atoms with Gasteiger partial charge in [-0.15, -0.1) is 0 Å². The van der Waals surface area contributed by atoms with Crippen molar-refractivity contribution in [2.45, 2.75) is 39.0 Å². The summed E-state index contributed by atoms with van der Waals surface area (Å²) in [6.07, 6.45) is 3.66. The smallest absolute Gasteiger partial charge is 0.328 e. The molecule has 0 saturated carbocycles. The zero-order chi connectivity index (χ0) is 20.8. The van der Waals surface area contributed by atoms with E-state index < -0.39 is 5.97 Å². The first-order valence-corrected chi connectivity index (χ1v) is 9.97. The number of nitrogens with zero attached hydrogens (tertiary/aromatic N) is 2. The fourth-order valence-corrected chi connectivity index (χ4v) is 4.04. The molecule has 1 N–H and O–H groups in total. The highest BCUT2D eigenvalue weighted by molar-refractivity contribution is 5.85. The van der Waals surface area contributed by atoms with Crippen LogP contribution >= 0.6 is 0 Å². The van der Waals surface area contributed by atoms with Crippen molar-refractivity contribution in [3.8, 4) is 0 Å². The predicted molar refractivity (Wildman–Crippen MR) is 115 cm³/mol. The molecule has 0 aromatic heterocycles. The quantitative estimate of drug-likeness (QED) is 0.575. The van der Waals surface area contributed by atoms with Gasteiger partial charge >= 0.3 is 5.97 Å². The van der Waals surface area contributed by atoms with Gasteiger partial charge in [0.25, 0.3) is 0 Å². The number of rotatable bonds is 7. The molecule has 1 heterocycles. The van der Waals surface area contributed by atoms with E-state index in [1.54, 1.807) is 6.08 Å². The summed E-state index contributed by atoms with van der Waals surface area (Å²) in [6.45, 7) is 8.21. The molecule has 0 spiro atoms. The van der Waals surface area contributed by atoms with Gasteiger partial charge in [-0.2, -0.15) is 0 Å². The summed E-state index contributed by atoms with van der Waals surface area (Å²) >= 11 is 0. The van der Waals surface area contributed by atoms with Gasteiger partial charge in [0.05, 0.1) is 0 Å². The largest absolute Gasteiger partial charge is 0.478 e. The molecule has 0 aliphatic carbocycles. The molecule has 0 unspecified atom stereocenters. The number of hydrogen-bond donors (Lipinski definition) is 1. The number of carbonyl (C=O) groups excluding carboxylic acids is 1.